The molecule has 0 bridgehead atoms. The zero-order chi connectivity index (χ0) is 16.2. The van der Waals surface area contributed by atoms with Crippen LogP contribution in [-0.4, -0.2) is 9.97 Å². The van der Waals surface area contributed by atoms with Crippen molar-refractivity contribution in [3.05, 3.63) is 66.5 Å². The average molecular weight is 313 g/mol. The summed E-state index contributed by atoms with van der Waals surface area (Å²) in [6.07, 6.45) is 1.30. The number of hydrogen-bond donors (Lipinski definition) is 3. The molecule has 0 aliphatic carbocycles. The zero-order valence-corrected chi connectivity index (χ0v) is 11.9. The number of benzene rings is 2. The highest BCUT2D eigenvalue weighted by Gasteiger charge is 2.10. The van der Waals surface area contributed by atoms with E-state index in [-0.39, 0.29) is 23.0 Å². The quantitative estimate of drug-likeness (QED) is 0.682. The van der Waals surface area contributed by atoms with Gasteiger partial charge in [0, 0.05) is 5.69 Å². The van der Waals surface area contributed by atoms with Gasteiger partial charge >= 0.3 is 0 Å². The summed E-state index contributed by atoms with van der Waals surface area (Å²) in [5.41, 5.74) is 7.11. The van der Waals surface area contributed by atoms with Crippen LogP contribution in [0.4, 0.5) is 37.5 Å². The summed E-state index contributed by atoms with van der Waals surface area (Å²) in [6, 6.07) is 11.9. The van der Waals surface area contributed by atoms with Gasteiger partial charge in [-0.1, -0.05) is 12.1 Å². The largest absolute Gasteiger partial charge is 0.393 e. The number of halogens is 2. The van der Waals surface area contributed by atoms with Gasteiger partial charge in [0.1, 0.15) is 23.6 Å². The van der Waals surface area contributed by atoms with Gasteiger partial charge in [0.05, 0.1) is 5.69 Å². The van der Waals surface area contributed by atoms with Crippen LogP contribution in [0.15, 0.2) is 54.9 Å². The summed E-state index contributed by atoms with van der Waals surface area (Å²) in [6.45, 7) is 0. The standard InChI is InChI=1S/C16H13F2N5/c17-10-5-7-11(8-6-10)22-15-14(19)16(21-9-20-15)23-13-4-2-1-3-12(13)18/h1-9H,19H2,(H2,20,21,22,23). The van der Waals surface area contributed by atoms with Crippen LogP contribution in [0.2, 0.25) is 0 Å². The Morgan fingerprint density at radius 3 is 2.17 bits per heavy atom. The normalized spacial score (nSPS) is 10.3. The fourth-order valence-electron chi connectivity index (χ4n) is 1.95. The minimum atomic E-state index is -0.418. The first kappa shape index (κ1) is 14.7. The van der Waals surface area contributed by atoms with Gasteiger partial charge in [-0.25, -0.2) is 18.7 Å². The van der Waals surface area contributed by atoms with Crippen molar-refractivity contribution in [2.24, 2.45) is 0 Å². The Morgan fingerprint density at radius 2 is 1.48 bits per heavy atom. The smallest absolute Gasteiger partial charge is 0.159 e. The van der Waals surface area contributed by atoms with E-state index in [0.29, 0.717) is 11.5 Å². The van der Waals surface area contributed by atoms with E-state index < -0.39 is 5.82 Å². The molecule has 0 spiro atoms. The molecular formula is C16H13F2N5. The van der Waals surface area contributed by atoms with E-state index in [1.807, 2.05) is 0 Å². The summed E-state index contributed by atoms with van der Waals surface area (Å²) in [4.78, 5) is 8.06. The molecule has 23 heavy (non-hydrogen) atoms. The molecule has 0 aliphatic heterocycles. The number of aromatic nitrogens is 2. The topological polar surface area (TPSA) is 75.9 Å². The van der Waals surface area contributed by atoms with Crippen molar-refractivity contribution in [1.82, 2.24) is 9.97 Å². The molecular weight excluding hydrogens is 300 g/mol. The second kappa shape index (κ2) is 6.27. The number of nitrogens with zero attached hydrogens (tertiary/aromatic N) is 2. The van der Waals surface area contributed by atoms with Crippen LogP contribution in [0.1, 0.15) is 0 Å². The van der Waals surface area contributed by atoms with Crippen molar-refractivity contribution in [3.63, 3.8) is 0 Å². The maximum absolute atomic E-state index is 13.7. The third-order valence-corrected chi connectivity index (χ3v) is 3.12. The van der Waals surface area contributed by atoms with E-state index in [4.69, 9.17) is 5.73 Å². The van der Waals surface area contributed by atoms with E-state index in [1.165, 1.54) is 24.5 Å². The van der Waals surface area contributed by atoms with Crippen LogP contribution in [0, 0.1) is 11.6 Å². The third kappa shape index (κ3) is 3.34. The molecule has 7 heteroatoms. The summed E-state index contributed by atoms with van der Waals surface area (Å²) in [5, 5.41) is 5.79. The highest BCUT2D eigenvalue weighted by atomic mass is 19.1. The van der Waals surface area contributed by atoms with Gasteiger partial charge in [0.2, 0.25) is 0 Å². The first-order chi connectivity index (χ1) is 11.1. The first-order valence-electron chi connectivity index (χ1n) is 6.78. The maximum atomic E-state index is 13.7. The van der Waals surface area contributed by atoms with E-state index in [1.54, 1.807) is 30.3 Å². The van der Waals surface area contributed by atoms with E-state index in [9.17, 15) is 8.78 Å². The van der Waals surface area contributed by atoms with Crippen LogP contribution in [0.25, 0.3) is 0 Å². The number of anilines is 5. The SMILES string of the molecule is Nc1c(Nc2ccc(F)cc2)ncnc1Nc1ccccc1F. The van der Waals surface area contributed by atoms with Crippen LogP contribution in [0.3, 0.4) is 0 Å². The molecule has 0 radical (unpaired) electrons. The monoisotopic (exact) mass is 313 g/mol. The first-order valence-corrected chi connectivity index (χ1v) is 6.78. The average Bonchev–Trinajstić information content (AvgIpc) is 2.55. The number of hydrogen-bond acceptors (Lipinski definition) is 5. The lowest BCUT2D eigenvalue weighted by molar-refractivity contribution is 0.628. The third-order valence-electron chi connectivity index (χ3n) is 3.12. The molecule has 0 saturated heterocycles. The molecule has 0 aliphatic rings. The lowest BCUT2D eigenvalue weighted by Gasteiger charge is -2.13. The molecule has 3 aromatic rings. The number of nitrogens with two attached hydrogens (primary N) is 1. The number of nitrogens with one attached hydrogen (secondary N) is 2. The van der Waals surface area contributed by atoms with Crippen LogP contribution in [-0.2, 0) is 0 Å². The van der Waals surface area contributed by atoms with E-state index in [2.05, 4.69) is 20.6 Å². The molecule has 3 rings (SSSR count). The van der Waals surface area contributed by atoms with Crippen molar-refractivity contribution in [2.75, 3.05) is 16.4 Å². The van der Waals surface area contributed by atoms with Crippen molar-refractivity contribution < 1.29 is 8.78 Å². The summed E-state index contributed by atoms with van der Waals surface area (Å²) < 4.78 is 26.6. The van der Waals surface area contributed by atoms with E-state index in [0.717, 1.165) is 0 Å². The van der Waals surface area contributed by atoms with Gasteiger partial charge < -0.3 is 16.4 Å². The predicted octanol–water partition coefficient (Wildman–Crippen LogP) is 3.82. The Kier molecular flexibility index (Phi) is 4.01. The Balaban J connectivity index is 1.86. The molecule has 4 N–H and O–H groups in total. The molecule has 1 aromatic heterocycles. The molecule has 0 saturated carbocycles. The lowest BCUT2D eigenvalue weighted by Crippen LogP contribution is -2.05. The van der Waals surface area contributed by atoms with Gasteiger partial charge in [-0.05, 0) is 36.4 Å². The molecule has 0 amide bonds. The Bertz CT molecular complexity index is 821. The lowest BCUT2D eigenvalue weighted by atomic mass is 10.3. The number of nitrogen functional groups attached to an aromatic ring is 1. The highest BCUT2D eigenvalue weighted by Crippen LogP contribution is 2.28. The summed E-state index contributed by atoms with van der Waals surface area (Å²) in [5.74, 6) is -0.146. The van der Waals surface area contributed by atoms with Gasteiger partial charge in [-0.2, -0.15) is 0 Å². The Morgan fingerprint density at radius 1 is 0.826 bits per heavy atom. The Labute approximate surface area is 131 Å². The molecule has 1 heterocycles. The van der Waals surface area contributed by atoms with Crippen molar-refractivity contribution in [1.29, 1.82) is 0 Å². The number of rotatable bonds is 4. The van der Waals surface area contributed by atoms with Crippen molar-refractivity contribution >= 4 is 28.7 Å². The number of para-hydroxylation sites is 1. The molecule has 2 aromatic carbocycles. The molecule has 0 unspecified atom stereocenters. The molecule has 0 atom stereocenters. The summed E-state index contributed by atoms with van der Waals surface area (Å²) >= 11 is 0. The minimum Gasteiger partial charge on any atom is -0.393 e. The van der Waals surface area contributed by atoms with Crippen molar-refractivity contribution in [2.45, 2.75) is 0 Å². The van der Waals surface area contributed by atoms with E-state index >= 15 is 0 Å². The molecule has 0 fully saturated rings. The van der Waals surface area contributed by atoms with Crippen LogP contribution in [0.5, 0.6) is 0 Å². The molecule has 116 valence electrons. The van der Waals surface area contributed by atoms with Gasteiger partial charge in [-0.15, -0.1) is 0 Å². The maximum Gasteiger partial charge on any atom is 0.159 e. The van der Waals surface area contributed by atoms with Crippen molar-refractivity contribution in [3.8, 4) is 0 Å². The highest BCUT2D eigenvalue weighted by molar-refractivity contribution is 5.80. The fourth-order valence-corrected chi connectivity index (χ4v) is 1.95. The molecule has 5 nitrogen and oxygen atoms in total. The van der Waals surface area contributed by atoms with Gasteiger partial charge in [0.15, 0.2) is 11.6 Å². The minimum absolute atomic E-state index is 0.222. The zero-order valence-electron chi connectivity index (χ0n) is 11.9. The summed E-state index contributed by atoms with van der Waals surface area (Å²) in [7, 11) is 0. The Hall–Kier alpha value is -3.22. The second-order valence-corrected chi connectivity index (χ2v) is 4.72. The van der Waals surface area contributed by atoms with Crippen LogP contribution >= 0.6 is 0 Å². The van der Waals surface area contributed by atoms with Gasteiger partial charge in [-0.3, -0.25) is 0 Å². The van der Waals surface area contributed by atoms with Gasteiger partial charge in [0.25, 0.3) is 0 Å². The second-order valence-electron chi connectivity index (χ2n) is 4.72. The van der Waals surface area contributed by atoms with Crippen LogP contribution < -0.4 is 16.4 Å². The fraction of sp³-hybridized carbons (Fsp3) is 0. The predicted molar refractivity (Wildman–Crippen MR) is 85.8 cm³/mol.